The Morgan fingerprint density at radius 3 is 2.63 bits per heavy atom. The van der Waals surface area contributed by atoms with E-state index >= 15 is 0 Å². The Hall–Kier alpha value is -0.610. The zero-order chi connectivity index (χ0) is 13.9. The fourth-order valence-electron chi connectivity index (χ4n) is 3.42. The van der Waals surface area contributed by atoms with E-state index < -0.39 is 5.54 Å². The zero-order valence-corrected chi connectivity index (χ0v) is 12.6. The molecular weight excluding hydrogens is 240 g/mol. The van der Waals surface area contributed by atoms with Crippen LogP contribution in [0.1, 0.15) is 38.5 Å². The van der Waals surface area contributed by atoms with Crippen LogP contribution in [-0.4, -0.2) is 50.7 Å². The summed E-state index contributed by atoms with van der Waals surface area (Å²) in [5.74, 6) is 1.54. The van der Waals surface area contributed by atoms with Gasteiger partial charge < -0.3 is 15.0 Å². The van der Waals surface area contributed by atoms with Crippen molar-refractivity contribution in [2.24, 2.45) is 11.8 Å². The van der Waals surface area contributed by atoms with Crippen LogP contribution in [0, 0.1) is 11.8 Å². The molecule has 4 heteroatoms. The van der Waals surface area contributed by atoms with Crippen LogP contribution in [0.2, 0.25) is 0 Å². The Morgan fingerprint density at radius 2 is 2.05 bits per heavy atom. The van der Waals surface area contributed by atoms with Crippen LogP contribution < -0.4 is 5.32 Å². The molecule has 0 aromatic carbocycles. The van der Waals surface area contributed by atoms with E-state index in [4.69, 9.17) is 4.74 Å². The minimum Gasteiger partial charge on any atom is -0.468 e. The Balaban J connectivity index is 1.98. The largest absolute Gasteiger partial charge is 0.468 e. The molecule has 19 heavy (non-hydrogen) atoms. The van der Waals surface area contributed by atoms with Crippen LogP contribution in [0.5, 0.6) is 0 Å². The van der Waals surface area contributed by atoms with Crippen LogP contribution in [0.15, 0.2) is 0 Å². The van der Waals surface area contributed by atoms with Gasteiger partial charge in [0, 0.05) is 13.1 Å². The van der Waals surface area contributed by atoms with E-state index in [1.165, 1.54) is 26.4 Å². The third-order valence-corrected chi connectivity index (χ3v) is 4.68. The molecule has 2 fully saturated rings. The molecule has 2 unspecified atom stereocenters. The van der Waals surface area contributed by atoms with Crippen LogP contribution in [0.25, 0.3) is 0 Å². The second kappa shape index (κ2) is 6.23. The fourth-order valence-corrected chi connectivity index (χ4v) is 3.42. The topological polar surface area (TPSA) is 41.6 Å². The highest BCUT2D eigenvalue weighted by Gasteiger charge is 2.46. The number of rotatable bonds is 6. The third-order valence-electron chi connectivity index (χ3n) is 4.68. The lowest BCUT2D eigenvalue weighted by atomic mass is 9.73. The highest BCUT2D eigenvalue weighted by atomic mass is 16.5. The molecular formula is C15H28N2O2. The highest BCUT2D eigenvalue weighted by molar-refractivity contribution is 5.81. The monoisotopic (exact) mass is 268 g/mol. The van der Waals surface area contributed by atoms with Gasteiger partial charge in [-0.25, -0.2) is 0 Å². The summed E-state index contributed by atoms with van der Waals surface area (Å²) in [4.78, 5) is 14.4. The molecule has 0 saturated heterocycles. The minimum atomic E-state index is -0.420. The van der Waals surface area contributed by atoms with Crippen molar-refractivity contribution in [2.45, 2.75) is 44.1 Å². The SMILES string of the molecule is COC(=O)C1(NCCN(C)C)CCCC(C2CC2)C1. The van der Waals surface area contributed by atoms with Crippen molar-refractivity contribution in [1.82, 2.24) is 10.2 Å². The molecule has 1 N–H and O–H groups in total. The van der Waals surface area contributed by atoms with Gasteiger partial charge in [0.1, 0.15) is 5.54 Å². The molecule has 0 aliphatic heterocycles. The zero-order valence-electron chi connectivity index (χ0n) is 12.6. The summed E-state index contributed by atoms with van der Waals surface area (Å²) in [5, 5.41) is 3.51. The van der Waals surface area contributed by atoms with Crippen LogP contribution in [0.3, 0.4) is 0 Å². The van der Waals surface area contributed by atoms with Crippen molar-refractivity contribution in [3.63, 3.8) is 0 Å². The van der Waals surface area contributed by atoms with Crippen molar-refractivity contribution in [3.05, 3.63) is 0 Å². The highest BCUT2D eigenvalue weighted by Crippen LogP contribution is 2.46. The Kier molecular flexibility index (Phi) is 4.85. The van der Waals surface area contributed by atoms with Gasteiger partial charge >= 0.3 is 5.97 Å². The maximum absolute atomic E-state index is 12.3. The molecule has 0 aromatic rings. The number of carbonyl (C=O) groups is 1. The number of carbonyl (C=O) groups excluding carboxylic acids is 1. The first kappa shape index (κ1) is 14.8. The van der Waals surface area contributed by atoms with E-state index in [1.54, 1.807) is 0 Å². The van der Waals surface area contributed by atoms with Gasteiger partial charge in [0.05, 0.1) is 7.11 Å². The first-order valence-electron chi connectivity index (χ1n) is 7.55. The van der Waals surface area contributed by atoms with Crippen molar-refractivity contribution in [3.8, 4) is 0 Å². The van der Waals surface area contributed by atoms with Crippen molar-refractivity contribution in [2.75, 3.05) is 34.3 Å². The molecule has 4 nitrogen and oxygen atoms in total. The summed E-state index contributed by atoms with van der Waals surface area (Å²) in [5.41, 5.74) is -0.420. The second-order valence-electron chi connectivity index (χ2n) is 6.50. The van der Waals surface area contributed by atoms with E-state index in [2.05, 4.69) is 24.3 Å². The molecule has 2 atom stereocenters. The van der Waals surface area contributed by atoms with Crippen molar-refractivity contribution in [1.29, 1.82) is 0 Å². The molecule has 2 aliphatic rings. The molecule has 110 valence electrons. The molecule has 0 spiro atoms. The second-order valence-corrected chi connectivity index (χ2v) is 6.50. The molecule has 0 aromatic heterocycles. The van der Waals surface area contributed by atoms with Gasteiger partial charge in [0.15, 0.2) is 0 Å². The number of esters is 1. The molecule has 0 bridgehead atoms. The summed E-state index contributed by atoms with van der Waals surface area (Å²) in [6.07, 6.45) is 7.05. The molecule has 0 amide bonds. The van der Waals surface area contributed by atoms with Gasteiger partial charge in [-0.2, -0.15) is 0 Å². The molecule has 2 rings (SSSR count). The van der Waals surface area contributed by atoms with Crippen LogP contribution in [-0.2, 0) is 9.53 Å². The van der Waals surface area contributed by atoms with E-state index in [9.17, 15) is 4.79 Å². The standard InChI is InChI=1S/C15H28N2O2/c1-17(2)10-9-16-15(14(18)19-3)8-4-5-13(11-15)12-6-7-12/h12-13,16H,4-11H2,1-3H3. The lowest BCUT2D eigenvalue weighted by molar-refractivity contribution is -0.151. The average Bonchev–Trinajstić information content (AvgIpc) is 3.22. The summed E-state index contributed by atoms with van der Waals surface area (Å²) in [6, 6.07) is 0. The first-order chi connectivity index (χ1) is 9.07. The van der Waals surface area contributed by atoms with Crippen LogP contribution >= 0.6 is 0 Å². The molecule has 2 saturated carbocycles. The van der Waals surface area contributed by atoms with Crippen molar-refractivity contribution >= 4 is 5.97 Å². The summed E-state index contributed by atoms with van der Waals surface area (Å²) in [6.45, 7) is 1.80. The predicted molar refractivity (Wildman–Crippen MR) is 76.0 cm³/mol. The first-order valence-corrected chi connectivity index (χ1v) is 7.55. The summed E-state index contributed by atoms with van der Waals surface area (Å²) in [7, 11) is 5.62. The molecule has 0 heterocycles. The van der Waals surface area contributed by atoms with E-state index in [0.29, 0.717) is 0 Å². The number of nitrogens with one attached hydrogen (secondary N) is 1. The number of likely N-dealkylation sites (N-methyl/N-ethyl adjacent to an activating group) is 1. The molecule has 2 aliphatic carbocycles. The number of hydrogen-bond donors (Lipinski definition) is 1. The Labute approximate surface area is 116 Å². The fraction of sp³-hybridized carbons (Fsp3) is 0.933. The van der Waals surface area contributed by atoms with E-state index in [-0.39, 0.29) is 5.97 Å². The maximum atomic E-state index is 12.3. The van der Waals surface area contributed by atoms with Gasteiger partial charge in [-0.1, -0.05) is 12.8 Å². The minimum absolute atomic E-state index is 0.0587. The van der Waals surface area contributed by atoms with Crippen molar-refractivity contribution < 1.29 is 9.53 Å². The lowest BCUT2D eigenvalue weighted by Crippen LogP contribution is -2.56. The summed E-state index contributed by atoms with van der Waals surface area (Å²) < 4.78 is 5.08. The average molecular weight is 268 g/mol. The number of nitrogens with zero attached hydrogens (tertiary/aromatic N) is 1. The van der Waals surface area contributed by atoms with E-state index in [0.717, 1.165) is 44.2 Å². The number of hydrogen-bond acceptors (Lipinski definition) is 4. The van der Waals surface area contributed by atoms with E-state index in [1.807, 2.05) is 0 Å². The van der Waals surface area contributed by atoms with Crippen LogP contribution in [0.4, 0.5) is 0 Å². The van der Waals surface area contributed by atoms with Gasteiger partial charge in [0.2, 0.25) is 0 Å². The predicted octanol–water partition coefficient (Wildman–Crippen LogP) is 1.65. The summed E-state index contributed by atoms with van der Waals surface area (Å²) >= 11 is 0. The van der Waals surface area contributed by atoms with Gasteiger partial charge in [-0.05, 0) is 51.6 Å². The maximum Gasteiger partial charge on any atom is 0.326 e. The lowest BCUT2D eigenvalue weighted by Gasteiger charge is -2.39. The Morgan fingerprint density at radius 1 is 1.32 bits per heavy atom. The number of ether oxygens (including phenoxy) is 1. The van der Waals surface area contributed by atoms with Gasteiger partial charge in [0.25, 0.3) is 0 Å². The van der Waals surface area contributed by atoms with Gasteiger partial charge in [-0.15, -0.1) is 0 Å². The van der Waals surface area contributed by atoms with Gasteiger partial charge in [-0.3, -0.25) is 4.79 Å². The Bertz CT molecular complexity index is 315. The smallest absolute Gasteiger partial charge is 0.326 e. The quantitative estimate of drug-likeness (QED) is 0.744. The number of methoxy groups -OCH3 is 1. The third kappa shape index (κ3) is 3.69. The normalized spacial score (nSPS) is 31.5. The molecule has 0 radical (unpaired) electrons.